The van der Waals surface area contributed by atoms with Crippen LogP contribution in [0.15, 0.2) is 36.7 Å². The fourth-order valence-electron chi connectivity index (χ4n) is 1.64. The Morgan fingerprint density at radius 1 is 1.29 bits per heavy atom. The van der Waals surface area contributed by atoms with Crippen molar-refractivity contribution in [3.8, 4) is 11.1 Å². The van der Waals surface area contributed by atoms with Crippen molar-refractivity contribution >= 4 is 5.97 Å². The third-order valence-electron chi connectivity index (χ3n) is 2.46. The second-order valence-corrected chi connectivity index (χ2v) is 3.71. The molecule has 0 aliphatic heterocycles. The van der Waals surface area contributed by atoms with Gasteiger partial charge in [-0.25, -0.2) is 9.18 Å². The number of hydrogen-bond donors (Lipinski definition) is 1. The predicted molar refractivity (Wildman–Crippen MR) is 61.3 cm³/mol. The molecule has 86 valence electrons. The second kappa shape index (κ2) is 4.33. The van der Waals surface area contributed by atoms with Crippen molar-refractivity contribution in [3.05, 3.63) is 53.6 Å². The van der Waals surface area contributed by atoms with E-state index in [4.69, 9.17) is 5.11 Å². The Hall–Kier alpha value is -2.23. The molecule has 1 heterocycles. The standard InChI is InChI=1S/C13H10FNO2/c1-8-2-3-12(14)10(6-8)11-7-15-5-4-9(11)13(16)17/h2-7H,1H3,(H,16,17). The molecule has 0 aliphatic rings. The van der Waals surface area contributed by atoms with Gasteiger partial charge in [0, 0.05) is 23.5 Å². The highest BCUT2D eigenvalue weighted by Crippen LogP contribution is 2.26. The number of nitrogens with zero attached hydrogens (tertiary/aromatic N) is 1. The molecule has 0 bridgehead atoms. The number of aromatic carboxylic acids is 1. The van der Waals surface area contributed by atoms with E-state index in [0.29, 0.717) is 5.56 Å². The Morgan fingerprint density at radius 2 is 2.06 bits per heavy atom. The zero-order valence-corrected chi connectivity index (χ0v) is 9.14. The third kappa shape index (κ3) is 2.15. The lowest BCUT2D eigenvalue weighted by Crippen LogP contribution is -2.01. The van der Waals surface area contributed by atoms with Crippen molar-refractivity contribution in [2.75, 3.05) is 0 Å². The maximum Gasteiger partial charge on any atom is 0.336 e. The van der Waals surface area contributed by atoms with Crippen LogP contribution in [0.2, 0.25) is 0 Å². The van der Waals surface area contributed by atoms with Gasteiger partial charge in [-0.15, -0.1) is 0 Å². The number of benzene rings is 1. The zero-order chi connectivity index (χ0) is 12.4. The summed E-state index contributed by atoms with van der Waals surface area (Å²) in [6.07, 6.45) is 2.74. The molecule has 0 atom stereocenters. The minimum absolute atomic E-state index is 0.0458. The van der Waals surface area contributed by atoms with Crippen LogP contribution in [0.3, 0.4) is 0 Å². The molecule has 0 saturated heterocycles. The molecule has 0 saturated carbocycles. The van der Waals surface area contributed by atoms with Gasteiger partial charge in [0.1, 0.15) is 5.82 Å². The van der Waals surface area contributed by atoms with Crippen LogP contribution in [0, 0.1) is 12.7 Å². The Balaban J connectivity index is 2.68. The number of aryl methyl sites for hydroxylation is 1. The van der Waals surface area contributed by atoms with Crippen LogP contribution in [0.1, 0.15) is 15.9 Å². The molecular formula is C13H10FNO2. The summed E-state index contributed by atoms with van der Waals surface area (Å²) in [6, 6.07) is 5.93. The summed E-state index contributed by atoms with van der Waals surface area (Å²) in [7, 11) is 0. The first-order valence-corrected chi connectivity index (χ1v) is 5.03. The average molecular weight is 231 g/mol. The first kappa shape index (κ1) is 11.3. The number of carboxylic acids is 1. The van der Waals surface area contributed by atoms with E-state index in [1.165, 1.54) is 24.5 Å². The van der Waals surface area contributed by atoms with Crippen LogP contribution in [0.25, 0.3) is 11.1 Å². The minimum atomic E-state index is -1.09. The van der Waals surface area contributed by atoms with Gasteiger partial charge in [0.25, 0.3) is 0 Å². The van der Waals surface area contributed by atoms with E-state index < -0.39 is 11.8 Å². The Labute approximate surface area is 97.6 Å². The van der Waals surface area contributed by atoms with Crippen LogP contribution in [-0.2, 0) is 0 Å². The molecule has 0 spiro atoms. The SMILES string of the molecule is Cc1ccc(F)c(-c2cnccc2C(=O)O)c1. The zero-order valence-electron chi connectivity index (χ0n) is 9.14. The number of rotatable bonds is 2. The quantitative estimate of drug-likeness (QED) is 0.864. The number of carboxylic acid groups (broad SMARTS) is 1. The molecule has 0 unspecified atom stereocenters. The molecule has 0 aliphatic carbocycles. The molecule has 1 aromatic carbocycles. The largest absolute Gasteiger partial charge is 0.478 e. The normalized spacial score (nSPS) is 10.2. The summed E-state index contributed by atoms with van der Waals surface area (Å²) < 4.78 is 13.7. The highest BCUT2D eigenvalue weighted by atomic mass is 19.1. The van der Waals surface area contributed by atoms with E-state index in [1.54, 1.807) is 12.1 Å². The number of halogens is 1. The molecule has 2 rings (SSSR count). The smallest absolute Gasteiger partial charge is 0.336 e. The molecule has 17 heavy (non-hydrogen) atoms. The van der Waals surface area contributed by atoms with E-state index >= 15 is 0 Å². The second-order valence-electron chi connectivity index (χ2n) is 3.71. The molecule has 0 radical (unpaired) electrons. The van der Waals surface area contributed by atoms with Crippen molar-refractivity contribution in [1.82, 2.24) is 4.98 Å². The fourth-order valence-corrected chi connectivity index (χ4v) is 1.64. The van der Waals surface area contributed by atoms with E-state index in [1.807, 2.05) is 6.92 Å². The van der Waals surface area contributed by atoms with Gasteiger partial charge >= 0.3 is 5.97 Å². The summed E-state index contributed by atoms with van der Waals surface area (Å²) >= 11 is 0. The average Bonchev–Trinajstić information content (AvgIpc) is 2.32. The van der Waals surface area contributed by atoms with Crippen molar-refractivity contribution in [2.45, 2.75) is 6.92 Å². The van der Waals surface area contributed by atoms with Crippen molar-refractivity contribution in [3.63, 3.8) is 0 Å². The highest BCUT2D eigenvalue weighted by molar-refractivity contribution is 5.95. The fraction of sp³-hybridized carbons (Fsp3) is 0.0769. The monoisotopic (exact) mass is 231 g/mol. The molecule has 1 aromatic heterocycles. The van der Waals surface area contributed by atoms with E-state index in [-0.39, 0.29) is 11.1 Å². The Bertz CT molecular complexity index is 581. The van der Waals surface area contributed by atoms with Gasteiger partial charge in [0.15, 0.2) is 0 Å². The summed E-state index contributed by atoms with van der Waals surface area (Å²) in [5, 5.41) is 9.04. The van der Waals surface area contributed by atoms with Gasteiger partial charge in [0.2, 0.25) is 0 Å². The van der Waals surface area contributed by atoms with Gasteiger partial charge in [0.05, 0.1) is 5.56 Å². The van der Waals surface area contributed by atoms with Crippen LogP contribution in [0.5, 0.6) is 0 Å². The summed E-state index contributed by atoms with van der Waals surface area (Å²) in [5.41, 5.74) is 1.46. The first-order chi connectivity index (χ1) is 8.09. The lowest BCUT2D eigenvalue weighted by molar-refractivity contribution is 0.0697. The molecular weight excluding hydrogens is 221 g/mol. The molecule has 2 aromatic rings. The summed E-state index contributed by atoms with van der Waals surface area (Å²) in [6.45, 7) is 1.82. The van der Waals surface area contributed by atoms with Crippen LogP contribution >= 0.6 is 0 Å². The van der Waals surface area contributed by atoms with Crippen molar-refractivity contribution in [2.24, 2.45) is 0 Å². The molecule has 1 N–H and O–H groups in total. The Morgan fingerprint density at radius 3 is 2.76 bits per heavy atom. The van der Waals surface area contributed by atoms with Gasteiger partial charge in [-0.3, -0.25) is 4.98 Å². The van der Waals surface area contributed by atoms with Gasteiger partial charge in [-0.1, -0.05) is 11.6 Å². The lowest BCUT2D eigenvalue weighted by Gasteiger charge is -2.07. The Kier molecular flexibility index (Phi) is 2.87. The van der Waals surface area contributed by atoms with Gasteiger partial charge in [-0.2, -0.15) is 0 Å². The number of carbonyl (C=O) groups is 1. The number of aromatic nitrogens is 1. The first-order valence-electron chi connectivity index (χ1n) is 5.03. The van der Waals surface area contributed by atoms with Crippen LogP contribution in [-0.4, -0.2) is 16.1 Å². The lowest BCUT2D eigenvalue weighted by atomic mass is 10.00. The summed E-state index contributed by atoms with van der Waals surface area (Å²) in [4.78, 5) is 14.9. The predicted octanol–water partition coefficient (Wildman–Crippen LogP) is 2.89. The van der Waals surface area contributed by atoms with Crippen molar-refractivity contribution < 1.29 is 14.3 Å². The highest BCUT2D eigenvalue weighted by Gasteiger charge is 2.14. The molecule has 3 nitrogen and oxygen atoms in total. The van der Waals surface area contributed by atoms with E-state index in [2.05, 4.69) is 4.98 Å². The summed E-state index contributed by atoms with van der Waals surface area (Å²) in [5.74, 6) is -1.55. The van der Waals surface area contributed by atoms with Gasteiger partial charge < -0.3 is 5.11 Å². The molecule has 4 heteroatoms. The van der Waals surface area contributed by atoms with Crippen molar-refractivity contribution in [1.29, 1.82) is 0 Å². The van der Waals surface area contributed by atoms with Crippen LogP contribution < -0.4 is 0 Å². The number of hydrogen-bond acceptors (Lipinski definition) is 2. The van der Waals surface area contributed by atoms with E-state index in [9.17, 15) is 9.18 Å². The number of pyridine rings is 1. The van der Waals surface area contributed by atoms with Crippen LogP contribution in [0.4, 0.5) is 4.39 Å². The maximum atomic E-state index is 13.7. The minimum Gasteiger partial charge on any atom is -0.478 e. The van der Waals surface area contributed by atoms with E-state index in [0.717, 1.165) is 5.56 Å². The van der Waals surface area contributed by atoms with Gasteiger partial charge in [-0.05, 0) is 25.1 Å². The molecule has 0 amide bonds. The maximum absolute atomic E-state index is 13.7. The molecule has 0 fully saturated rings. The topological polar surface area (TPSA) is 50.2 Å². The third-order valence-corrected chi connectivity index (χ3v) is 2.46.